The maximum absolute atomic E-state index is 13.3. The molecular weight excluding hydrogens is 360 g/mol. The molecule has 3 aromatic carbocycles. The van der Waals surface area contributed by atoms with Crippen molar-refractivity contribution in [3.63, 3.8) is 0 Å². The molecule has 0 bridgehead atoms. The van der Waals surface area contributed by atoms with Crippen LogP contribution >= 0.6 is 0 Å². The van der Waals surface area contributed by atoms with E-state index in [1.165, 1.54) is 5.56 Å². The van der Waals surface area contributed by atoms with Crippen LogP contribution in [0.15, 0.2) is 78.9 Å². The van der Waals surface area contributed by atoms with Gasteiger partial charge in [-0.1, -0.05) is 67.6 Å². The smallest absolute Gasteiger partial charge is 0.255 e. The number of carbonyl (C=O) groups is 2. The van der Waals surface area contributed by atoms with E-state index >= 15 is 0 Å². The topological polar surface area (TPSA) is 49.4 Å². The van der Waals surface area contributed by atoms with Crippen molar-refractivity contribution >= 4 is 17.5 Å². The molecular formula is C25H24N2O2. The summed E-state index contributed by atoms with van der Waals surface area (Å²) in [7, 11) is 0. The van der Waals surface area contributed by atoms with E-state index in [2.05, 4.69) is 12.2 Å². The van der Waals surface area contributed by atoms with E-state index in [9.17, 15) is 9.59 Å². The predicted octanol–water partition coefficient (Wildman–Crippen LogP) is 4.45. The van der Waals surface area contributed by atoms with Gasteiger partial charge in [-0.05, 0) is 41.3 Å². The fourth-order valence-electron chi connectivity index (χ4n) is 3.76. The highest BCUT2D eigenvalue weighted by molar-refractivity contribution is 6.03. The lowest BCUT2D eigenvalue weighted by atomic mass is 10.0. The van der Waals surface area contributed by atoms with Gasteiger partial charge >= 0.3 is 0 Å². The number of aryl methyl sites for hydroxylation is 1. The molecule has 4 heteroatoms. The molecule has 1 aliphatic rings. The van der Waals surface area contributed by atoms with Crippen molar-refractivity contribution in [1.29, 1.82) is 0 Å². The standard InChI is InChI=1S/C25H24N2O2/c1-2-18-12-14-21(15-13-18)26-24(28)23(16-19-8-4-3-5-9-19)27-17-20-10-6-7-11-22(20)25(27)29/h3-15,23H,2,16-17H2,1H3,(H,26,28)/t23-/m0/s1. The molecule has 4 nitrogen and oxygen atoms in total. The number of fused-ring (bicyclic) bond motifs is 1. The van der Waals surface area contributed by atoms with Gasteiger partial charge in [-0.3, -0.25) is 9.59 Å². The number of amides is 2. The SMILES string of the molecule is CCc1ccc(NC(=O)[C@H](Cc2ccccc2)N2Cc3ccccc3C2=O)cc1. The van der Waals surface area contributed by atoms with Crippen LogP contribution in [-0.2, 0) is 24.2 Å². The number of hydrogen-bond acceptors (Lipinski definition) is 2. The lowest BCUT2D eigenvalue weighted by molar-refractivity contribution is -0.120. The number of hydrogen-bond donors (Lipinski definition) is 1. The van der Waals surface area contributed by atoms with Crippen molar-refractivity contribution < 1.29 is 9.59 Å². The Morgan fingerprint density at radius 2 is 1.62 bits per heavy atom. The molecule has 0 aliphatic carbocycles. The highest BCUT2D eigenvalue weighted by atomic mass is 16.2. The summed E-state index contributed by atoms with van der Waals surface area (Å²) in [4.78, 5) is 28.0. The highest BCUT2D eigenvalue weighted by Crippen LogP contribution is 2.26. The molecule has 0 aromatic heterocycles. The molecule has 1 heterocycles. The average Bonchev–Trinajstić information content (AvgIpc) is 3.09. The first-order valence-corrected chi connectivity index (χ1v) is 9.98. The Kier molecular flexibility index (Phi) is 5.43. The fraction of sp³-hybridized carbons (Fsp3) is 0.200. The first kappa shape index (κ1) is 18.9. The summed E-state index contributed by atoms with van der Waals surface area (Å²) >= 11 is 0. The van der Waals surface area contributed by atoms with Crippen molar-refractivity contribution in [2.75, 3.05) is 5.32 Å². The quantitative estimate of drug-likeness (QED) is 0.682. The second-order valence-corrected chi connectivity index (χ2v) is 7.34. The molecule has 29 heavy (non-hydrogen) atoms. The molecule has 0 saturated heterocycles. The van der Waals surface area contributed by atoms with Gasteiger partial charge in [0, 0.05) is 24.2 Å². The lowest BCUT2D eigenvalue weighted by Crippen LogP contribution is -2.45. The monoisotopic (exact) mass is 384 g/mol. The number of nitrogens with one attached hydrogen (secondary N) is 1. The Morgan fingerprint density at radius 3 is 2.31 bits per heavy atom. The van der Waals surface area contributed by atoms with Crippen molar-refractivity contribution in [2.45, 2.75) is 32.4 Å². The summed E-state index contributed by atoms with van der Waals surface area (Å²) in [5.74, 6) is -0.253. The minimum Gasteiger partial charge on any atom is -0.324 e. The van der Waals surface area contributed by atoms with Crippen LogP contribution in [0.2, 0.25) is 0 Å². The van der Waals surface area contributed by atoms with Gasteiger partial charge in [0.15, 0.2) is 0 Å². The molecule has 1 atom stereocenters. The molecule has 0 saturated carbocycles. The van der Waals surface area contributed by atoms with Gasteiger partial charge in [-0.25, -0.2) is 0 Å². The van der Waals surface area contributed by atoms with E-state index in [4.69, 9.17) is 0 Å². The van der Waals surface area contributed by atoms with E-state index in [0.717, 1.165) is 23.2 Å². The van der Waals surface area contributed by atoms with Crippen LogP contribution in [0.25, 0.3) is 0 Å². The van der Waals surface area contributed by atoms with Gasteiger partial charge in [0.1, 0.15) is 6.04 Å². The number of rotatable bonds is 6. The van der Waals surface area contributed by atoms with Gasteiger partial charge in [0.05, 0.1) is 0 Å². The van der Waals surface area contributed by atoms with E-state index in [-0.39, 0.29) is 11.8 Å². The summed E-state index contributed by atoms with van der Waals surface area (Å²) in [5.41, 5.74) is 4.64. The predicted molar refractivity (Wildman–Crippen MR) is 115 cm³/mol. The summed E-state index contributed by atoms with van der Waals surface area (Å²) in [6.45, 7) is 2.55. The van der Waals surface area contributed by atoms with Crippen LogP contribution in [0.3, 0.4) is 0 Å². The van der Waals surface area contributed by atoms with Crippen molar-refractivity contribution in [3.8, 4) is 0 Å². The van der Waals surface area contributed by atoms with Crippen LogP contribution in [-0.4, -0.2) is 22.8 Å². The third-order valence-electron chi connectivity index (χ3n) is 5.43. The largest absolute Gasteiger partial charge is 0.324 e. The minimum absolute atomic E-state index is 0.0852. The molecule has 2 amide bonds. The van der Waals surface area contributed by atoms with Crippen LogP contribution in [0, 0.1) is 0 Å². The maximum atomic E-state index is 13.3. The maximum Gasteiger partial charge on any atom is 0.255 e. The van der Waals surface area contributed by atoms with Gasteiger partial charge in [-0.15, -0.1) is 0 Å². The Morgan fingerprint density at radius 1 is 0.931 bits per heavy atom. The first-order chi connectivity index (χ1) is 14.2. The van der Waals surface area contributed by atoms with E-state index in [1.54, 1.807) is 4.90 Å². The molecule has 3 aromatic rings. The number of anilines is 1. The zero-order valence-corrected chi connectivity index (χ0v) is 16.5. The number of nitrogens with zero attached hydrogens (tertiary/aromatic N) is 1. The Hall–Kier alpha value is -3.40. The van der Waals surface area contributed by atoms with Gasteiger partial charge in [-0.2, -0.15) is 0 Å². The fourth-order valence-corrected chi connectivity index (χ4v) is 3.76. The average molecular weight is 384 g/mol. The lowest BCUT2D eigenvalue weighted by Gasteiger charge is -2.27. The summed E-state index contributed by atoms with van der Waals surface area (Å²) in [6, 6.07) is 24.7. The minimum atomic E-state index is -0.580. The zero-order chi connectivity index (χ0) is 20.2. The van der Waals surface area contributed by atoms with Crippen LogP contribution in [0.4, 0.5) is 5.69 Å². The molecule has 0 radical (unpaired) electrons. The molecule has 146 valence electrons. The number of carbonyl (C=O) groups excluding carboxylic acids is 2. The third-order valence-corrected chi connectivity index (χ3v) is 5.43. The van der Waals surface area contributed by atoms with Crippen LogP contribution in [0.1, 0.15) is 34.0 Å². The molecule has 0 fully saturated rings. The Balaban J connectivity index is 1.60. The van der Waals surface area contributed by atoms with Gasteiger partial charge < -0.3 is 10.2 Å². The van der Waals surface area contributed by atoms with Crippen LogP contribution in [0.5, 0.6) is 0 Å². The van der Waals surface area contributed by atoms with Crippen molar-refractivity contribution in [3.05, 3.63) is 101 Å². The number of benzene rings is 3. The molecule has 4 rings (SSSR count). The highest BCUT2D eigenvalue weighted by Gasteiger charge is 2.36. The van der Waals surface area contributed by atoms with Gasteiger partial charge in [0.25, 0.3) is 5.91 Å². The summed E-state index contributed by atoms with van der Waals surface area (Å²) < 4.78 is 0. The normalized spacial score (nSPS) is 13.8. The van der Waals surface area contributed by atoms with E-state index in [1.807, 2.05) is 78.9 Å². The molecule has 1 aliphatic heterocycles. The second kappa shape index (κ2) is 8.31. The first-order valence-electron chi connectivity index (χ1n) is 9.98. The molecule has 0 unspecified atom stereocenters. The Labute approximate surface area is 171 Å². The van der Waals surface area contributed by atoms with E-state index < -0.39 is 6.04 Å². The molecule has 1 N–H and O–H groups in total. The zero-order valence-electron chi connectivity index (χ0n) is 16.5. The van der Waals surface area contributed by atoms with Crippen molar-refractivity contribution in [1.82, 2.24) is 4.90 Å². The summed E-state index contributed by atoms with van der Waals surface area (Å²) in [6.07, 6.45) is 1.42. The second-order valence-electron chi connectivity index (χ2n) is 7.34. The summed E-state index contributed by atoms with van der Waals surface area (Å²) in [5, 5.41) is 3.00. The van der Waals surface area contributed by atoms with Crippen molar-refractivity contribution in [2.24, 2.45) is 0 Å². The third kappa shape index (κ3) is 4.06. The molecule has 0 spiro atoms. The van der Waals surface area contributed by atoms with Crippen LogP contribution < -0.4 is 5.32 Å². The Bertz CT molecular complexity index is 1010. The van der Waals surface area contributed by atoms with E-state index in [0.29, 0.717) is 18.5 Å². The van der Waals surface area contributed by atoms with Gasteiger partial charge in [0.2, 0.25) is 5.91 Å².